The molecule has 0 radical (unpaired) electrons. The molecule has 1 aliphatic heterocycles. The molecule has 1 saturated heterocycles. The molecule has 0 bridgehead atoms. The smallest absolute Gasteiger partial charge is 0.244 e. The molecular formula is C13H17ClN2O3S2. The highest BCUT2D eigenvalue weighted by atomic mass is 35.5. The third-order valence-corrected chi connectivity index (χ3v) is 6.25. The normalized spacial score (nSPS) is 17.0. The summed E-state index contributed by atoms with van der Waals surface area (Å²) in [5.41, 5.74) is 0. The molecule has 1 heterocycles. The molecule has 1 fully saturated rings. The number of halogens is 1. The number of carbonyl (C=O) groups is 1. The third kappa shape index (κ3) is 3.71. The Kier molecular flexibility index (Phi) is 5.54. The summed E-state index contributed by atoms with van der Waals surface area (Å²) in [5.74, 6) is 0.481. The average Bonchev–Trinajstić information content (AvgIpc) is 2.48. The van der Waals surface area contributed by atoms with Crippen molar-refractivity contribution >= 4 is 39.3 Å². The molecule has 2 rings (SSSR count). The molecule has 5 nitrogen and oxygen atoms in total. The minimum atomic E-state index is -3.60. The molecule has 0 N–H and O–H groups in total. The number of rotatable bonds is 4. The lowest BCUT2D eigenvalue weighted by atomic mass is 10.3. The second-order valence-electron chi connectivity index (χ2n) is 4.65. The van der Waals surface area contributed by atoms with Crippen LogP contribution in [-0.4, -0.2) is 61.7 Å². The van der Waals surface area contributed by atoms with Crippen molar-refractivity contribution < 1.29 is 13.2 Å². The molecule has 1 aliphatic rings. The molecule has 8 heteroatoms. The molecule has 1 aromatic carbocycles. The Labute approximate surface area is 134 Å². The van der Waals surface area contributed by atoms with Crippen molar-refractivity contribution in [2.75, 3.05) is 38.2 Å². The molecule has 1 amide bonds. The van der Waals surface area contributed by atoms with Gasteiger partial charge < -0.3 is 4.90 Å². The Morgan fingerprint density at radius 2 is 1.86 bits per heavy atom. The van der Waals surface area contributed by atoms with Gasteiger partial charge in [-0.25, -0.2) is 8.42 Å². The fourth-order valence-electron chi connectivity index (χ4n) is 2.19. The Hall–Kier alpha value is -0.760. The third-order valence-electron chi connectivity index (χ3n) is 3.31. The monoisotopic (exact) mass is 348 g/mol. The van der Waals surface area contributed by atoms with Gasteiger partial charge in [0.2, 0.25) is 15.9 Å². The van der Waals surface area contributed by atoms with Gasteiger partial charge in [0.25, 0.3) is 0 Å². The highest BCUT2D eigenvalue weighted by molar-refractivity contribution is 7.99. The summed E-state index contributed by atoms with van der Waals surface area (Å²) in [5, 5.41) is 0.221. The maximum absolute atomic E-state index is 12.5. The minimum absolute atomic E-state index is 0.0530. The van der Waals surface area contributed by atoms with E-state index in [1.165, 1.54) is 22.1 Å². The van der Waals surface area contributed by atoms with Gasteiger partial charge in [0.1, 0.15) is 4.90 Å². The number of amides is 1. The standard InChI is InChI=1S/C13H17ClN2O3S2/c1-20-10-13(17)15-6-8-16(9-7-15)21(18,19)12-5-3-2-4-11(12)14/h2-5H,6-10H2,1H3. The van der Waals surface area contributed by atoms with Crippen molar-refractivity contribution in [3.05, 3.63) is 29.3 Å². The van der Waals surface area contributed by atoms with Crippen molar-refractivity contribution in [1.82, 2.24) is 9.21 Å². The largest absolute Gasteiger partial charge is 0.339 e. The van der Waals surface area contributed by atoms with E-state index in [1.54, 1.807) is 23.1 Å². The van der Waals surface area contributed by atoms with E-state index >= 15 is 0 Å². The van der Waals surface area contributed by atoms with Crippen LogP contribution in [0.2, 0.25) is 5.02 Å². The maximum Gasteiger partial charge on any atom is 0.244 e. The lowest BCUT2D eigenvalue weighted by molar-refractivity contribution is -0.129. The molecule has 0 unspecified atom stereocenters. The predicted molar refractivity (Wildman–Crippen MR) is 85.2 cm³/mol. The first-order valence-electron chi connectivity index (χ1n) is 6.48. The van der Waals surface area contributed by atoms with Gasteiger partial charge in [-0.2, -0.15) is 16.1 Å². The van der Waals surface area contributed by atoms with Gasteiger partial charge in [-0.05, 0) is 18.4 Å². The number of hydrogen-bond acceptors (Lipinski definition) is 4. The molecule has 0 aliphatic carbocycles. The van der Waals surface area contributed by atoms with Crippen LogP contribution in [0, 0.1) is 0 Å². The van der Waals surface area contributed by atoms with Crippen LogP contribution in [-0.2, 0) is 14.8 Å². The van der Waals surface area contributed by atoms with Gasteiger partial charge >= 0.3 is 0 Å². The summed E-state index contributed by atoms with van der Waals surface area (Å²) >= 11 is 7.44. The summed E-state index contributed by atoms with van der Waals surface area (Å²) in [7, 11) is -3.60. The summed E-state index contributed by atoms with van der Waals surface area (Å²) < 4.78 is 26.5. The van der Waals surface area contributed by atoms with Crippen LogP contribution < -0.4 is 0 Å². The summed E-state index contributed by atoms with van der Waals surface area (Å²) in [6.07, 6.45) is 1.87. The quantitative estimate of drug-likeness (QED) is 0.828. The second kappa shape index (κ2) is 7.00. The van der Waals surface area contributed by atoms with E-state index in [2.05, 4.69) is 0 Å². The number of sulfonamides is 1. The van der Waals surface area contributed by atoms with E-state index in [-0.39, 0.29) is 15.8 Å². The van der Waals surface area contributed by atoms with Crippen LogP contribution in [0.5, 0.6) is 0 Å². The van der Waals surface area contributed by atoms with Crippen molar-refractivity contribution in [3.8, 4) is 0 Å². The van der Waals surface area contributed by atoms with Gasteiger partial charge in [0.05, 0.1) is 10.8 Å². The van der Waals surface area contributed by atoms with Crippen molar-refractivity contribution in [3.63, 3.8) is 0 Å². The second-order valence-corrected chi connectivity index (χ2v) is 7.83. The minimum Gasteiger partial charge on any atom is -0.339 e. The van der Waals surface area contributed by atoms with Crippen molar-refractivity contribution in [2.45, 2.75) is 4.90 Å². The van der Waals surface area contributed by atoms with Crippen molar-refractivity contribution in [1.29, 1.82) is 0 Å². The summed E-state index contributed by atoms with van der Waals surface area (Å²) in [4.78, 5) is 13.6. The first-order valence-corrected chi connectivity index (χ1v) is 9.69. The molecule has 21 heavy (non-hydrogen) atoms. The first-order chi connectivity index (χ1) is 9.96. The lowest BCUT2D eigenvalue weighted by Gasteiger charge is -2.34. The van der Waals surface area contributed by atoms with Crippen LogP contribution in [0.1, 0.15) is 0 Å². The van der Waals surface area contributed by atoms with E-state index in [4.69, 9.17) is 11.6 Å². The molecule has 0 atom stereocenters. The van der Waals surface area contributed by atoms with Gasteiger partial charge in [-0.15, -0.1) is 0 Å². The Morgan fingerprint density at radius 3 is 2.43 bits per heavy atom. The Bertz CT molecular complexity index is 614. The number of nitrogens with zero attached hydrogens (tertiary/aromatic N) is 2. The predicted octanol–water partition coefficient (Wildman–Crippen LogP) is 1.54. The molecule has 0 aromatic heterocycles. The van der Waals surface area contributed by atoms with Crippen LogP contribution in [0.15, 0.2) is 29.2 Å². The number of benzene rings is 1. The zero-order valence-corrected chi connectivity index (χ0v) is 14.0. The van der Waals surface area contributed by atoms with Gasteiger partial charge in [0, 0.05) is 26.2 Å². The average molecular weight is 349 g/mol. The van der Waals surface area contributed by atoms with E-state index in [9.17, 15) is 13.2 Å². The highest BCUT2D eigenvalue weighted by Gasteiger charge is 2.31. The fraction of sp³-hybridized carbons (Fsp3) is 0.462. The van der Waals surface area contributed by atoms with Crippen LogP contribution in [0.4, 0.5) is 0 Å². The number of carbonyl (C=O) groups excluding carboxylic acids is 1. The Morgan fingerprint density at radius 1 is 1.24 bits per heavy atom. The Balaban J connectivity index is 2.08. The van der Waals surface area contributed by atoms with Gasteiger partial charge in [-0.1, -0.05) is 23.7 Å². The molecule has 1 aromatic rings. The van der Waals surface area contributed by atoms with E-state index < -0.39 is 10.0 Å². The maximum atomic E-state index is 12.5. The molecule has 116 valence electrons. The van der Waals surface area contributed by atoms with Gasteiger partial charge in [-0.3, -0.25) is 4.79 Å². The zero-order valence-electron chi connectivity index (χ0n) is 11.7. The van der Waals surface area contributed by atoms with Crippen molar-refractivity contribution in [2.24, 2.45) is 0 Å². The number of hydrogen-bond donors (Lipinski definition) is 0. The lowest BCUT2D eigenvalue weighted by Crippen LogP contribution is -2.51. The van der Waals surface area contributed by atoms with Crippen LogP contribution >= 0.6 is 23.4 Å². The fourth-order valence-corrected chi connectivity index (χ4v) is 4.53. The molecule has 0 saturated carbocycles. The van der Waals surface area contributed by atoms with Gasteiger partial charge in [0.15, 0.2) is 0 Å². The van der Waals surface area contributed by atoms with Crippen LogP contribution in [0.25, 0.3) is 0 Å². The van der Waals surface area contributed by atoms with Crippen LogP contribution in [0.3, 0.4) is 0 Å². The SMILES string of the molecule is CSCC(=O)N1CCN(S(=O)(=O)c2ccccc2Cl)CC1. The zero-order chi connectivity index (χ0) is 15.5. The summed E-state index contributed by atoms with van der Waals surface area (Å²) in [6, 6.07) is 6.41. The highest BCUT2D eigenvalue weighted by Crippen LogP contribution is 2.25. The number of piperazine rings is 1. The van der Waals surface area contributed by atoms with E-state index in [0.29, 0.717) is 31.9 Å². The van der Waals surface area contributed by atoms with E-state index in [1.807, 2.05) is 6.26 Å². The molecule has 0 spiro atoms. The number of thioether (sulfide) groups is 1. The topological polar surface area (TPSA) is 57.7 Å². The van der Waals surface area contributed by atoms with E-state index in [0.717, 1.165) is 0 Å². The first kappa shape index (κ1) is 16.6. The summed E-state index contributed by atoms with van der Waals surface area (Å²) in [6.45, 7) is 1.44. The molecular weight excluding hydrogens is 332 g/mol.